The van der Waals surface area contributed by atoms with Gasteiger partial charge in [-0.05, 0) is 35.9 Å². The van der Waals surface area contributed by atoms with Gasteiger partial charge in [0.25, 0.3) is 5.91 Å². The van der Waals surface area contributed by atoms with Crippen molar-refractivity contribution in [1.82, 2.24) is 4.90 Å². The topological polar surface area (TPSA) is 92.6 Å². The molecule has 0 aliphatic carbocycles. The largest absolute Gasteiger partial charge is 0.508 e. The van der Waals surface area contributed by atoms with Gasteiger partial charge in [-0.2, -0.15) is 0 Å². The van der Waals surface area contributed by atoms with Gasteiger partial charge in [0.05, 0.1) is 5.56 Å². The number of benzene rings is 2. The number of nitrogens with two attached hydrogens (primary N) is 2. The Labute approximate surface area is 117 Å². The lowest BCUT2D eigenvalue weighted by Gasteiger charge is -2.18. The molecule has 0 atom stereocenters. The Bertz CT molecular complexity index is 624. The Kier molecular flexibility index (Phi) is 3.79. The summed E-state index contributed by atoms with van der Waals surface area (Å²) in [6.07, 6.45) is 0. The fourth-order valence-corrected chi connectivity index (χ4v) is 1.93. The van der Waals surface area contributed by atoms with Crippen molar-refractivity contribution in [2.24, 2.45) is 0 Å². The predicted molar refractivity (Wildman–Crippen MR) is 79.2 cm³/mol. The summed E-state index contributed by atoms with van der Waals surface area (Å²) in [5.41, 5.74) is 13.7. The maximum absolute atomic E-state index is 12.3. The van der Waals surface area contributed by atoms with Gasteiger partial charge in [-0.15, -0.1) is 0 Å². The van der Waals surface area contributed by atoms with Crippen LogP contribution in [0.2, 0.25) is 0 Å². The zero-order valence-corrected chi connectivity index (χ0v) is 11.2. The van der Waals surface area contributed by atoms with E-state index >= 15 is 0 Å². The molecular formula is C15H17N3O2. The van der Waals surface area contributed by atoms with Crippen molar-refractivity contribution < 1.29 is 9.90 Å². The van der Waals surface area contributed by atoms with Crippen LogP contribution >= 0.6 is 0 Å². The summed E-state index contributed by atoms with van der Waals surface area (Å²) in [5.74, 6) is 0.0288. The van der Waals surface area contributed by atoms with Crippen LogP contribution in [0.1, 0.15) is 15.9 Å². The van der Waals surface area contributed by atoms with Crippen LogP contribution in [0.4, 0.5) is 11.4 Å². The van der Waals surface area contributed by atoms with Gasteiger partial charge in [0.15, 0.2) is 0 Å². The lowest BCUT2D eigenvalue weighted by molar-refractivity contribution is 0.0786. The van der Waals surface area contributed by atoms with Crippen LogP contribution in [0.5, 0.6) is 5.75 Å². The summed E-state index contributed by atoms with van der Waals surface area (Å²) in [6, 6.07) is 11.6. The Hall–Kier alpha value is -2.69. The highest BCUT2D eigenvalue weighted by Crippen LogP contribution is 2.18. The molecule has 2 rings (SSSR count). The number of hydrogen-bond donors (Lipinski definition) is 3. The van der Waals surface area contributed by atoms with Crippen molar-refractivity contribution in [3.8, 4) is 5.75 Å². The van der Waals surface area contributed by atoms with E-state index in [1.165, 1.54) is 0 Å². The standard InChI is InChI=1S/C15H17N3O2/c1-18(9-10-2-5-12(19)6-3-10)15(20)13-7-4-11(16)8-14(13)17/h2-8,19H,9,16-17H2,1H3. The van der Waals surface area contributed by atoms with Crippen LogP contribution in [-0.4, -0.2) is 23.0 Å². The second-order valence-corrected chi connectivity index (χ2v) is 4.67. The second-order valence-electron chi connectivity index (χ2n) is 4.67. The molecule has 104 valence electrons. The molecule has 2 aromatic carbocycles. The SMILES string of the molecule is CN(Cc1ccc(O)cc1)C(=O)c1ccc(N)cc1N. The molecule has 0 spiro atoms. The number of rotatable bonds is 3. The van der Waals surface area contributed by atoms with E-state index in [2.05, 4.69) is 0 Å². The molecule has 0 saturated carbocycles. The van der Waals surface area contributed by atoms with E-state index in [-0.39, 0.29) is 11.7 Å². The molecule has 1 amide bonds. The first-order valence-electron chi connectivity index (χ1n) is 6.16. The quantitative estimate of drug-likeness (QED) is 0.742. The number of hydrogen-bond acceptors (Lipinski definition) is 4. The molecule has 0 aromatic heterocycles. The van der Waals surface area contributed by atoms with Crippen molar-refractivity contribution in [3.05, 3.63) is 53.6 Å². The summed E-state index contributed by atoms with van der Waals surface area (Å²) < 4.78 is 0. The maximum Gasteiger partial charge on any atom is 0.255 e. The average Bonchev–Trinajstić information content (AvgIpc) is 2.40. The number of anilines is 2. The summed E-state index contributed by atoms with van der Waals surface area (Å²) in [7, 11) is 1.70. The zero-order chi connectivity index (χ0) is 14.7. The number of nitrogen functional groups attached to an aromatic ring is 2. The molecule has 20 heavy (non-hydrogen) atoms. The van der Waals surface area contributed by atoms with Crippen molar-refractivity contribution in [3.63, 3.8) is 0 Å². The summed E-state index contributed by atoms with van der Waals surface area (Å²) in [5, 5.41) is 9.23. The predicted octanol–water partition coefficient (Wildman–Crippen LogP) is 1.83. The van der Waals surface area contributed by atoms with Crippen molar-refractivity contribution in [2.75, 3.05) is 18.5 Å². The first-order chi connectivity index (χ1) is 9.47. The molecule has 0 saturated heterocycles. The zero-order valence-electron chi connectivity index (χ0n) is 11.2. The fourth-order valence-electron chi connectivity index (χ4n) is 1.93. The molecular weight excluding hydrogens is 254 g/mol. The highest BCUT2D eigenvalue weighted by molar-refractivity contribution is 5.99. The van der Waals surface area contributed by atoms with Gasteiger partial charge in [-0.3, -0.25) is 4.79 Å². The third-order valence-electron chi connectivity index (χ3n) is 3.01. The van der Waals surface area contributed by atoms with E-state index in [0.717, 1.165) is 5.56 Å². The highest BCUT2D eigenvalue weighted by Gasteiger charge is 2.15. The van der Waals surface area contributed by atoms with E-state index in [1.54, 1.807) is 54.4 Å². The fraction of sp³-hybridized carbons (Fsp3) is 0.133. The third-order valence-corrected chi connectivity index (χ3v) is 3.01. The minimum absolute atomic E-state index is 0.171. The van der Waals surface area contributed by atoms with E-state index in [9.17, 15) is 9.90 Å². The average molecular weight is 271 g/mol. The third kappa shape index (κ3) is 3.00. The molecule has 0 heterocycles. The highest BCUT2D eigenvalue weighted by atomic mass is 16.3. The van der Waals surface area contributed by atoms with Crippen molar-refractivity contribution >= 4 is 17.3 Å². The Balaban J connectivity index is 2.14. The lowest BCUT2D eigenvalue weighted by Crippen LogP contribution is -2.27. The van der Waals surface area contributed by atoms with Crippen molar-refractivity contribution in [2.45, 2.75) is 6.54 Å². The second kappa shape index (κ2) is 5.52. The smallest absolute Gasteiger partial charge is 0.255 e. The summed E-state index contributed by atoms with van der Waals surface area (Å²) >= 11 is 0. The summed E-state index contributed by atoms with van der Waals surface area (Å²) in [4.78, 5) is 13.9. The Morgan fingerprint density at radius 2 is 1.80 bits per heavy atom. The number of nitrogens with zero attached hydrogens (tertiary/aromatic N) is 1. The molecule has 5 heteroatoms. The molecule has 5 N–H and O–H groups in total. The lowest BCUT2D eigenvalue weighted by atomic mass is 10.1. The van der Waals surface area contributed by atoms with Crippen LogP contribution in [0.25, 0.3) is 0 Å². The molecule has 0 radical (unpaired) electrons. The van der Waals surface area contributed by atoms with Gasteiger partial charge >= 0.3 is 0 Å². The van der Waals surface area contributed by atoms with Crippen LogP contribution in [0.3, 0.4) is 0 Å². The number of amides is 1. The molecule has 0 aliphatic heterocycles. The first-order valence-corrected chi connectivity index (χ1v) is 6.16. The molecule has 0 bridgehead atoms. The molecule has 2 aromatic rings. The van der Waals surface area contributed by atoms with Crippen molar-refractivity contribution in [1.29, 1.82) is 0 Å². The Morgan fingerprint density at radius 1 is 1.15 bits per heavy atom. The van der Waals surface area contributed by atoms with Gasteiger partial charge < -0.3 is 21.5 Å². The minimum atomic E-state index is -0.171. The maximum atomic E-state index is 12.3. The van der Waals surface area contributed by atoms with Crippen LogP contribution in [0, 0.1) is 0 Å². The molecule has 5 nitrogen and oxygen atoms in total. The molecule has 0 fully saturated rings. The molecule has 0 aliphatic rings. The monoisotopic (exact) mass is 271 g/mol. The van der Waals surface area contributed by atoms with Crippen LogP contribution in [-0.2, 0) is 6.54 Å². The van der Waals surface area contributed by atoms with Gasteiger partial charge in [0.2, 0.25) is 0 Å². The van der Waals surface area contributed by atoms with Gasteiger partial charge in [0, 0.05) is 25.0 Å². The van der Waals surface area contributed by atoms with E-state index in [0.29, 0.717) is 23.5 Å². The number of phenols is 1. The minimum Gasteiger partial charge on any atom is -0.508 e. The number of phenolic OH excluding ortho intramolecular Hbond substituents is 1. The number of aromatic hydroxyl groups is 1. The number of carbonyl (C=O) groups excluding carboxylic acids is 1. The summed E-state index contributed by atoms with van der Waals surface area (Å²) in [6.45, 7) is 0.433. The van der Waals surface area contributed by atoms with Crippen LogP contribution in [0.15, 0.2) is 42.5 Å². The van der Waals surface area contributed by atoms with E-state index < -0.39 is 0 Å². The van der Waals surface area contributed by atoms with Gasteiger partial charge in [0.1, 0.15) is 5.75 Å². The molecule has 0 unspecified atom stereocenters. The Morgan fingerprint density at radius 3 is 2.40 bits per heavy atom. The van der Waals surface area contributed by atoms with Gasteiger partial charge in [-0.1, -0.05) is 12.1 Å². The number of carbonyl (C=O) groups is 1. The normalized spacial score (nSPS) is 10.2. The van der Waals surface area contributed by atoms with Gasteiger partial charge in [-0.25, -0.2) is 0 Å². The van der Waals surface area contributed by atoms with Crippen LogP contribution < -0.4 is 11.5 Å². The van der Waals surface area contributed by atoms with E-state index in [4.69, 9.17) is 11.5 Å². The van der Waals surface area contributed by atoms with E-state index in [1.807, 2.05) is 0 Å². The first kappa shape index (κ1) is 13.7.